The lowest BCUT2D eigenvalue weighted by atomic mass is 10.1. The number of methoxy groups -OCH3 is 1. The molecule has 7 nitrogen and oxygen atoms in total. The van der Waals surface area contributed by atoms with Crippen molar-refractivity contribution in [2.45, 2.75) is 20.8 Å². The molecular formula is C22H22N4O3. The number of amides is 1. The summed E-state index contributed by atoms with van der Waals surface area (Å²) in [5, 5.41) is 5.95. The van der Waals surface area contributed by atoms with E-state index in [9.17, 15) is 9.59 Å². The third-order valence-corrected chi connectivity index (χ3v) is 4.36. The van der Waals surface area contributed by atoms with Gasteiger partial charge in [0.2, 0.25) is 0 Å². The smallest absolute Gasteiger partial charge is 0.337 e. The summed E-state index contributed by atoms with van der Waals surface area (Å²) in [6.45, 7) is 6.11. The highest BCUT2D eigenvalue weighted by Gasteiger charge is 2.12. The van der Waals surface area contributed by atoms with E-state index < -0.39 is 11.9 Å². The van der Waals surface area contributed by atoms with Crippen LogP contribution in [-0.4, -0.2) is 29.0 Å². The van der Waals surface area contributed by atoms with Crippen LogP contribution in [0.1, 0.15) is 37.5 Å². The Bertz CT molecular complexity index is 1040. The van der Waals surface area contributed by atoms with Gasteiger partial charge in [-0.25, -0.2) is 14.8 Å². The van der Waals surface area contributed by atoms with Crippen molar-refractivity contribution in [2.75, 3.05) is 17.7 Å². The number of esters is 1. The molecular weight excluding hydrogens is 368 g/mol. The van der Waals surface area contributed by atoms with Gasteiger partial charge in [-0.2, -0.15) is 0 Å². The largest absolute Gasteiger partial charge is 0.465 e. The summed E-state index contributed by atoms with van der Waals surface area (Å²) >= 11 is 0. The summed E-state index contributed by atoms with van der Waals surface area (Å²) in [5.74, 6) is -0.351. The van der Waals surface area contributed by atoms with E-state index in [1.54, 1.807) is 18.2 Å². The normalized spacial score (nSPS) is 10.3. The number of anilines is 3. The molecule has 0 fully saturated rings. The van der Waals surface area contributed by atoms with Crippen molar-refractivity contribution in [3.63, 3.8) is 0 Å². The molecule has 0 unspecified atom stereocenters. The van der Waals surface area contributed by atoms with E-state index in [0.29, 0.717) is 17.1 Å². The van der Waals surface area contributed by atoms with E-state index in [1.165, 1.54) is 31.1 Å². The summed E-state index contributed by atoms with van der Waals surface area (Å²) in [6.07, 6.45) is 2.92. The van der Waals surface area contributed by atoms with Gasteiger partial charge in [-0.05, 0) is 50.1 Å². The molecule has 0 atom stereocenters. The molecule has 1 amide bonds. The fourth-order valence-electron chi connectivity index (χ4n) is 3.05. The van der Waals surface area contributed by atoms with Crippen LogP contribution < -0.4 is 10.6 Å². The highest BCUT2D eigenvalue weighted by atomic mass is 16.5. The monoisotopic (exact) mass is 390 g/mol. The zero-order valence-electron chi connectivity index (χ0n) is 16.7. The lowest BCUT2D eigenvalue weighted by Crippen LogP contribution is -2.15. The SMILES string of the molecule is COC(=O)c1cccc(NC(=O)c2cnc(Nc3c(C)cc(C)cc3C)cn2)c1. The van der Waals surface area contributed by atoms with Crippen LogP contribution in [0.2, 0.25) is 0 Å². The van der Waals surface area contributed by atoms with Crippen molar-refractivity contribution in [1.82, 2.24) is 9.97 Å². The molecule has 29 heavy (non-hydrogen) atoms. The molecule has 3 rings (SSSR count). The Morgan fingerprint density at radius 1 is 0.966 bits per heavy atom. The molecule has 0 radical (unpaired) electrons. The van der Waals surface area contributed by atoms with Crippen molar-refractivity contribution in [3.8, 4) is 0 Å². The lowest BCUT2D eigenvalue weighted by Gasteiger charge is -2.13. The van der Waals surface area contributed by atoms with Gasteiger partial charge >= 0.3 is 5.97 Å². The molecule has 1 aromatic heterocycles. The maximum atomic E-state index is 12.4. The minimum atomic E-state index is -0.474. The Hall–Kier alpha value is -3.74. The molecule has 0 aliphatic carbocycles. The zero-order chi connectivity index (χ0) is 21.0. The number of nitrogens with zero attached hydrogens (tertiary/aromatic N) is 2. The first-order valence-corrected chi connectivity index (χ1v) is 9.04. The van der Waals surface area contributed by atoms with Crippen molar-refractivity contribution in [1.29, 1.82) is 0 Å². The van der Waals surface area contributed by atoms with Crippen LogP contribution >= 0.6 is 0 Å². The van der Waals surface area contributed by atoms with Crippen LogP contribution in [0, 0.1) is 20.8 Å². The van der Waals surface area contributed by atoms with Crippen LogP contribution in [0.25, 0.3) is 0 Å². The molecule has 0 aliphatic heterocycles. The van der Waals surface area contributed by atoms with E-state index in [0.717, 1.165) is 16.8 Å². The van der Waals surface area contributed by atoms with Gasteiger partial charge in [-0.3, -0.25) is 4.79 Å². The molecule has 3 aromatic rings. The minimum absolute atomic E-state index is 0.163. The minimum Gasteiger partial charge on any atom is -0.465 e. The molecule has 0 spiro atoms. The van der Waals surface area contributed by atoms with Gasteiger partial charge in [0.05, 0.1) is 25.1 Å². The standard InChI is InChI=1S/C22H22N4O3/c1-13-8-14(2)20(15(3)9-13)26-19-12-23-18(11-24-19)21(27)25-17-7-5-6-16(10-17)22(28)29-4/h5-12H,1-4H3,(H,24,26)(H,25,27). The summed E-state index contributed by atoms with van der Waals surface area (Å²) in [4.78, 5) is 32.5. The number of nitrogens with one attached hydrogen (secondary N) is 2. The van der Waals surface area contributed by atoms with Gasteiger partial charge in [0, 0.05) is 11.4 Å². The molecule has 1 heterocycles. The average molecular weight is 390 g/mol. The summed E-state index contributed by atoms with van der Waals surface area (Å²) < 4.78 is 4.69. The Morgan fingerprint density at radius 2 is 1.69 bits per heavy atom. The zero-order valence-corrected chi connectivity index (χ0v) is 16.7. The highest BCUT2D eigenvalue weighted by molar-refractivity contribution is 6.03. The number of hydrogen-bond donors (Lipinski definition) is 2. The van der Waals surface area contributed by atoms with Gasteiger partial charge < -0.3 is 15.4 Å². The van der Waals surface area contributed by atoms with Gasteiger partial charge in [0.1, 0.15) is 11.5 Å². The Labute approximate surface area is 169 Å². The van der Waals surface area contributed by atoms with E-state index in [4.69, 9.17) is 0 Å². The molecule has 7 heteroatoms. The Balaban J connectivity index is 1.72. The first kappa shape index (κ1) is 20.0. The fourth-order valence-corrected chi connectivity index (χ4v) is 3.05. The first-order chi connectivity index (χ1) is 13.9. The first-order valence-electron chi connectivity index (χ1n) is 9.04. The van der Waals surface area contributed by atoms with Crippen molar-refractivity contribution >= 4 is 29.1 Å². The van der Waals surface area contributed by atoms with Crippen LogP contribution in [0.5, 0.6) is 0 Å². The number of carbonyl (C=O) groups is 2. The molecule has 148 valence electrons. The van der Waals surface area contributed by atoms with Crippen LogP contribution in [0.3, 0.4) is 0 Å². The van der Waals surface area contributed by atoms with Crippen molar-refractivity contribution in [2.24, 2.45) is 0 Å². The summed E-state index contributed by atoms with van der Waals surface area (Å²) in [6, 6.07) is 10.7. The number of benzene rings is 2. The number of carbonyl (C=O) groups excluding carboxylic acids is 2. The Morgan fingerprint density at radius 3 is 2.31 bits per heavy atom. The molecule has 0 bridgehead atoms. The van der Waals surface area contributed by atoms with Crippen LogP contribution in [0.15, 0.2) is 48.8 Å². The summed E-state index contributed by atoms with van der Waals surface area (Å²) in [7, 11) is 1.30. The second kappa shape index (κ2) is 8.52. The molecule has 0 saturated heterocycles. The van der Waals surface area contributed by atoms with E-state index in [1.807, 2.05) is 13.8 Å². The lowest BCUT2D eigenvalue weighted by molar-refractivity contribution is 0.0600. The van der Waals surface area contributed by atoms with Gasteiger partial charge in [-0.1, -0.05) is 23.8 Å². The quantitative estimate of drug-likeness (QED) is 0.635. The summed E-state index contributed by atoms with van der Waals surface area (Å²) in [5.41, 5.74) is 5.36. The number of rotatable bonds is 5. The number of aryl methyl sites for hydroxylation is 3. The average Bonchev–Trinajstić information content (AvgIpc) is 2.70. The third-order valence-electron chi connectivity index (χ3n) is 4.36. The van der Waals surface area contributed by atoms with Crippen molar-refractivity contribution < 1.29 is 14.3 Å². The molecule has 0 saturated carbocycles. The predicted molar refractivity (Wildman–Crippen MR) is 112 cm³/mol. The van der Waals surface area contributed by atoms with Crippen molar-refractivity contribution in [3.05, 3.63) is 76.7 Å². The second-order valence-corrected chi connectivity index (χ2v) is 6.71. The van der Waals surface area contributed by atoms with Gasteiger partial charge in [0.15, 0.2) is 0 Å². The maximum absolute atomic E-state index is 12.4. The number of aromatic nitrogens is 2. The topological polar surface area (TPSA) is 93.2 Å². The number of hydrogen-bond acceptors (Lipinski definition) is 6. The molecule has 0 aliphatic rings. The van der Waals surface area contributed by atoms with E-state index in [2.05, 4.69) is 44.4 Å². The number of ether oxygens (including phenoxy) is 1. The highest BCUT2D eigenvalue weighted by Crippen LogP contribution is 2.24. The molecule has 2 aromatic carbocycles. The van der Waals surface area contributed by atoms with Gasteiger partial charge in [0.25, 0.3) is 5.91 Å². The fraction of sp³-hybridized carbons (Fsp3) is 0.182. The van der Waals surface area contributed by atoms with Gasteiger partial charge in [-0.15, -0.1) is 0 Å². The maximum Gasteiger partial charge on any atom is 0.337 e. The Kier molecular flexibility index (Phi) is 5.87. The predicted octanol–water partition coefficient (Wildman–Crippen LogP) is 4.18. The third kappa shape index (κ3) is 4.76. The second-order valence-electron chi connectivity index (χ2n) is 6.71. The van der Waals surface area contributed by atoms with Crippen LogP contribution in [0.4, 0.5) is 17.2 Å². The molecule has 2 N–H and O–H groups in total. The van der Waals surface area contributed by atoms with Crippen LogP contribution in [-0.2, 0) is 4.74 Å². The van der Waals surface area contributed by atoms with E-state index in [-0.39, 0.29) is 5.69 Å². The van der Waals surface area contributed by atoms with E-state index >= 15 is 0 Å².